The Morgan fingerprint density at radius 2 is 1.03 bits per heavy atom. The SMILES string of the molecule is CCC(CC)(CC)c1ccc(C(c2ccc(C(CC)(CC)CC)cc2)C2CCCN2)cc1. The minimum absolute atomic E-state index is 0.324. The topological polar surface area (TPSA) is 12.0 Å². The molecule has 0 amide bonds. The van der Waals surface area contributed by atoms with E-state index in [1.807, 2.05) is 0 Å². The van der Waals surface area contributed by atoms with Gasteiger partial charge >= 0.3 is 0 Å². The van der Waals surface area contributed by atoms with Crippen LogP contribution in [-0.4, -0.2) is 12.6 Å². The van der Waals surface area contributed by atoms with Crippen LogP contribution in [0.1, 0.15) is 121 Å². The molecule has 1 heteroatoms. The molecule has 1 fully saturated rings. The molecule has 1 aliphatic rings. The van der Waals surface area contributed by atoms with Crippen molar-refractivity contribution in [2.75, 3.05) is 6.54 Å². The quantitative estimate of drug-likeness (QED) is 0.374. The summed E-state index contributed by atoms with van der Waals surface area (Å²) >= 11 is 0. The molecule has 0 saturated carbocycles. The lowest BCUT2D eigenvalue weighted by molar-refractivity contribution is 0.381. The van der Waals surface area contributed by atoms with Crippen LogP contribution in [0.25, 0.3) is 0 Å². The van der Waals surface area contributed by atoms with Crippen molar-refractivity contribution < 1.29 is 0 Å². The molecule has 1 unspecified atom stereocenters. The molecule has 1 aliphatic heterocycles. The van der Waals surface area contributed by atoms with Crippen molar-refractivity contribution >= 4 is 0 Å². The third-order valence-electron chi connectivity index (χ3n) is 9.33. The molecule has 1 N–H and O–H groups in total. The van der Waals surface area contributed by atoms with Crippen LogP contribution in [0.15, 0.2) is 48.5 Å². The summed E-state index contributed by atoms with van der Waals surface area (Å²) in [5.74, 6) is 0.430. The molecule has 3 rings (SSSR count). The highest BCUT2D eigenvalue weighted by Gasteiger charge is 2.31. The van der Waals surface area contributed by atoms with Gasteiger partial charge in [-0.25, -0.2) is 0 Å². The first-order valence-corrected chi connectivity index (χ1v) is 13.5. The van der Waals surface area contributed by atoms with Crippen LogP contribution in [0.3, 0.4) is 0 Å². The number of nitrogens with one attached hydrogen (secondary N) is 1. The van der Waals surface area contributed by atoms with Crippen LogP contribution in [-0.2, 0) is 10.8 Å². The number of hydrogen-bond acceptors (Lipinski definition) is 1. The summed E-state index contributed by atoms with van der Waals surface area (Å²) in [6, 6.07) is 20.0. The molecule has 2 aromatic rings. The second-order valence-corrected chi connectivity index (χ2v) is 10.1. The van der Waals surface area contributed by atoms with Gasteiger partial charge in [0.1, 0.15) is 0 Å². The van der Waals surface area contributed by atoms with Crippen LogP contribution < -0.4 is 5.32 Å². The van der Waals surface area contributed by atoms with Crippen molar-refractivity contribution in [1.82, 2.24) is 5.32 Å². The molecule has 0 spiro atoms. The summed E-state index contributed by atoms with van der Waals surface area (Å²) in [6.45, 7) is 15.2. The summed E-state index contributed by atoms with van der Waals surface area (Å²) in [4.78, 5) is 0. The van der Waals surface area contributed by atoms with Crippen molar-refractivity contribution in [3.8, 4) is 0 Å². The highest BCUT2D eigenvalue weighted by Crippen LogP contribution is 2.39. The minimum atomic E-state index is 0.324. The van der Waals surface area contributed by atoms with Gasteiger partial charge < -0.3 is 5.32 Å². The van der Waals surface area contributed by atoms with Crippen LogP contribution >= 0.6 is 0 Å². The van der Waals surface area contributed by atoms with Crippen molar-refractivity contribution in [3.63, 3.8) is 0 Å². The van der Waals surface area contributed by atoms with E-state index in [9.17, 15) is 0 Å². The molecule has 0 aromatic heterocycles. The molecular weight excluding hydrogens is 386 g/mol. The predicted molar refractivity (Wildman–Crippen MR) is 141 cm³/mol. The average molecular weight is 434 g/mol. The lowest BCUT2D eigenvalue weighted by atomic mass is 9.72. The molecule has 176 valence electrons. The monoisotopic (exact) mass is 433 g/mol. The lowest BCUT2D eigenvalue weighted by Gasteiger charge is -2.33. The van der Waals surface area contributed by atoms with E-state index < -0.39 is 0 Å². The van der Waals surface area contributed by atoms with E-state index >= 15 is 0 Å². The Balaban J connectivity index is 1.96. The fourth-order valence-corrected chi connectivity index (χ4v) is 6.47. The highest BCUT2D eigenvalue weighted by molar-refractivity contribution is 5.40. The molecular formula is C31H47N. The van der Waals surface area contributed by atoms with E-state index in [-0.39, 0.29) is 0 Å². The zero-order valence-corrected chi connectivity index (χ0v) is 21.6. The Kier molecular flexibility index (Phi) is 8.62. The normalized spacial score (nSPS) is 17.3. The summed E-state index contributed by atoms with van der Waals surface area (Å²) in [6.07, 6.45) is 9.81. The fraction of sp³-hybridized carbons (Fsp3) is 0.613. The van der Waals surface area contributed by atoms with Gasteiger partial charge in [-0.15, -0.1) is 0 Å². The average Bonchev–Trinajstić information content (AvgIpc) is 3.38. The first-order chi connectivity index (χ1) is 15.5. The summed E-state index contributed by atoms with van der Waals surface area (Å²) in [5, 5.41) is 3.81. The van der Waals surface area contributed by atoms with Crippen LogP contribution in [0.2, 0.25) is 0 Å². The van der Waals surface area contributed by atoms with Gasteiger partial charge in [0, 0.05) is 12.0 Å². The van der Waals surface area contributed by atoms with Gasteiger partial charge in [-0.2, -0.15) is 0 Å². The van der Waals surface area contributed by atoms with Gasteiger partial charge in [0.2, 0.25) is 0 Å². The molecule has 2 aromatic carbocycles. The molecule has 0 aliphatic carbocycles. The second-order valence-electron chi connectivity index (χ2n) is 10.1. The lowest BCUT2D eigenvalue weighted by Crippen LogP contribution is -2.30. The van der Waals surface area contributed by atoms with E-state index in [1.165, 1.54) is 73.6 Å². The molecule has 1 atom stereocenters. The van der Waals surface area contributed by atoms with Crippen molar-refractivity contribution in [1.29, 1.82) is 0 Å². The molecule has 32 heavy (non-hydrogen) atoms. The van der Waals surface area contributed by atoms with Crippen LogP contribution in [0, 0.1) is 0 Å². The Bertz CT molecular complexity index is 723. The maximum Gasteiger partial charge on any atom is 0.0243 e. The van der Waals surface area contributed by atoms with Gasteiger partial charge in [0.25, 0.3) is 0 Å². The molecule has 1 nitrogen and oxygen atoms in total. The molecule has 1 saturated heterocycles. The largest absolute Gasteiger partial charge is 0.313 e. The maximum atomic E-state index is 3.81. The van der Waals surface area contributed by atoms with E-state index in [2.05, 4.69) is 95.4 Å². The second kappa shape index (κ2) is 11.0. The Labute approximate surface area is 198 Å². The number of rotatable bonds is 11. The Morgan fingerprint density at radius 3 is 1.31 bits per heavy atom. The molecule has 0 radical (unpaired) electrons. The van der Waals surface area contributed by atoms with Gasteiger partial charge in [0.15, 0.2) is 0 Å². The smallest absolute Gasteiger partial charge is 0.0243 e. The van der Waals surface area contributed by atoms with Crippen LogP contribution in [0.5, 0.6) is 0 Å². The number of hydrogen-bond donors (Lipinski definition) is 1. The fourth-order valence-electron chi connectivity index (χ4n) is 6.47. The van der Waals surface area contributed by atoms with Crippen molar-refractivity contribution in [2.24, 2.45) is 0 Å². The third kappa shape index (κ3) is 4.69. The molecule has 0 bridgehead atoms. The van der Waals surface area contributed by atoms with Crippen molar-refractivity contribution in [2.45, 2.75) is 116 Å². The zero-order chi connectivity index (χ0) is 23.2. The van der Waals surface area contributed by atoms with E-state index in [4.69, 9.17) is 0 Å². The van der Waals surface area contributed by atoms with Gasteiger partial charge in [0.05, 0.1) is 0 Å². The highest BCUT2D eigenvalue weighted by atomic mass is 14.9. The summed E-state index contributed by atoms with van der Waals surface area (Å²) < 4.78 is 0. The Morgan fingerprint density at radius 1 is 0.656 bits per heavy atom. The number of benzene rings is 2. The van der Waals surface area contributed by atoms with Gasteiger partial charge in [-0.1, -0.05) is 90.1 Å². The standard InChI is InChI=1S/C31H47N/c1-7-30(8-2,9-3)26-19-15-24(16-20-26)29(28-14-13-23-32-28)25-17-21-27(22-18-25)31(10-4,11-5)12-6/h15-22,28-29,32H,7-14,23H2,1-6H3. The zero-order valence-electron chi connectivity index (χ0n) is 21.6. The van der Waals surface area contributed by atoms with Crippen LogP contribution in [0.4, 0.5) is 0 Å². The third-order valence-corrected chi connectivity index (χ3v) is 9.33. The van der Waals surface area contributed by atoms with Gasteiger partial charge in [-0.3, -0.25) is 0 Å². The summed E-state index contributed by atoms with van der Waals surface area (Å²) in [5.41, 5.74) is 6.61. The Hall–Kier alpha value is -1.60. The minimum Gasteiger partial charge on any atom is -0.313 e. The maximum absolute atomic E-state index is 3.81. The molecule has 1 heterocycles. The van der Waals surface area contributed by atoms with Gasteiger partial charge in [-0.05, 0) is 91.0 Å². The first-order valence-electron chi connectivity index (χ1n) is 13.5. The van der Waals surface area contributed by atoms with Crippen molar-refractivity contribution in [3.05, 3.63) is 70.8 Å². The van der Waals surface area contributed by atoms with E-state index in [1.54, 1.807) is 0 Å². The van der Waals surface area contributed by atoms with E-state index in [0.717, 1.165) is 6.54 Å². The first kappa shape index (κ1) is 25.0. The predicted octanol–water partition coefficient (Wildman–Crippen LogP) is 8.51. The van der Waals surface area contributed by atoms with E-state index in [0.29, 0.717) is 22.8 Å². The summed E-state index contributed by atoms with van der Waals surface area (Å²) in [7, 11) is 0.